The van der Waals surface area contributed by atoms with Crippen LogP contribution in [0.3, 0.4) is 0 Å². The van der Waals surface area contributed by atoms with E-state index in [1.807, 2.05) is 0 Å². The molecule has 0 unspecified atom stereocenters. The van der Waals surface area contributed by atoms with E-state index in [1.54, 1.807) is 0 Å². The maximum absolute atomic E-state index is 10.3. The molecule has 1 aromatic rings. The van der Waals surface area contributed by atoms with Crippen LogP contribution in [0.5, 0.6) is 0 Å². The van der Waals surface area contributed by atoms with Crippen molar-refractivity contribution < 1.29 is 10.2 Å². The van der Waals surface area contributed by atoms with Crippen molar-refractivity contribution >= 4 is 0 Å². The molecule has 0 heterocycles. The summed E-state index contributed by atoms with van der Waals surface area (Å²) in [6, 6.07) is 7.08. The van der Waals surface area contributed by atoms with Gasteiger partial charge in [-0.2, -0.15) is 0 Å². The van der Waals surface area contributed by atoms with Gasteiger partial charge in [0.05, 0.1) is 6.10 Å². The summed E-state index contributed by atoms with van der Waals surface area (Å²) in [5.41, 5.74) is 4.47. The van der Waals surface area contributed by atoms with E-state index >= 15 is 0 Å². The summed E-state index contributed by atoms with van der Waals surface area (Å²) in [5, 5.41) is 19.5. The summed E-state index contributed by atoms with van der Waals surface area (Å²) in [6.07, 6.45) is 11.1. The summed E-state index contributed by atoms with van der Waals surface area (Å²) in [5.74, 6) is 1.02. The maximum Gasteiger partial charge on any atom is 0.0546 e. The minimum atomic E-state index is -0.172. The van der Waals surface area contributed by atoms with Crippen molar-refractivity contribution in [2.75, 3.05) is 6.61 Å². The number of hydrogen-bond acceptors (Lipinski definition) is 2. The van der Waals surface area contributed by atoms with Crippen LogP contribution in [0.2, 0.25) is 0 Å². The fraction of sp³-hybridized carbons (Fsp3) is 0.760. The Kier molecular flexibility index (Phi) is 8.82. The zero-order chi connectivity index (χ0) is 19.9. The summed E-state index contributed by atoms with van der Waals surface area (Å²) >= 11 is 0. The zero-order valence-electron chi connectivity index (χ0n) is 18.1. The first-order chi connectivity index (χ1) is 12.9. The van der Waals surface area contributed by atoms with Crippen LogP contribution in [0.15, 0.2) is 18.2 Å². The summed E-state index contributed by atoms with van der Waals surface area (Å²) in [7, 11) is 0. The molecule has 2 N–H and O–H groups in total. The van der Waals surface area contributed by atoms with Gasteiger partial charge in [0.15, 0.2) is 0 Å². The van der Waals surface area contributed by atoms with Crippen LogP contribution in [-0.2, 0) is 5.41 Å². The SMILES string of the molecule is CCCCCCC(C)(C)c1ccc([C@@H]2C[C@H](O)CC[C@H]2CCCO)c(C)c1. The number of aliphatic hydroxyl groups is 2. The van der Waals surface area contributed by atoms with Gasteiger partial charge in [0.1, 0.15) is 0 Å². The average molecular weight is 375 g/mol. The fourth-order valence-corrected chi connectivity index (χ4v) is 4.94. The largest absolute Gasteiger partial charge is 0.396 e. The highest BCUT2D eigenvalue weighted by molar-refractivity contribution is 5.37. The predicted molar refractivity (Wildman–Crippen MR) is 115 cm³/mol. The van der Waals surface area contributed by atoms with Crippen molar-refractivity contribution in [2.45, 2.75) is 109 Å². The van der Waals surface area contributed by atoms with Crippen LogP contribution < -0.4 is 0 Å². The van der Waals surface area contributed by atoms with E-state index < -0.39 is 0 Å². The summed E-state index contributed by atoms with van der Waals surface area (Å²) in [4.78, 5) is 0. The maximum atomic E-state index is 10.3. The van der Waals surface area contributed by atoms with Gasteiger partial charge in [0, 0.05) is 6.61 Å². The first-order valence-electron chi connectivity index (χ1n) is 11.3. The van der Waals surface area contributed by atoms with Crippen LogP contribution in [0.25, 0.3) is 0 Å². The van der Waals surface area contributed by atoms with Gasteiger partial charge in [-0.3, -0.25) is 0 Å². The van der Waals surface area contributed by atoms with Gasteiger partial charge >= 0.3 is 0 Å². The van der Waals surface area contributed by atoms with Crippen molar-refractivity contribution in [3.63, 3.8) is 0 Å². The molecule has 0 aliphatic heterocycles. The zero-order valence-corrected chi connectivity index (χ0v) is 18.1. The lowest BCUT2D eigenvalue weighted by atomic mass is 9.70. The molecular weight excluding hydrogens is 332 g/mol. The Hall–Kier alpha value is -0.860. The monoisotopic (exact) mass is 374 g/mol. The Morgan fingerprint density at radius 3 is 2.52 bits per heavy atom. The molecule has 1 aliphatic rings. The summed E-state index contributed by atoms with van der Waals surface area (Å²) in [6.45, 7) is 9.54. The molecule has 2 heteroatoms. The van der Waals surface area contributed by atoms with E-state index in [0.717, 1.165) is 32.1 Å². The second-order valence-electron chi connectivity index (χ2n) is 9.47. The molecule has 154 valence electrons. The standard InChI is InChI=1S/C25H42O2/c1-5-6-7-8-15-25(3,4)21-12-14-23(19(2)17-21)24-18-22(27)13-11-20(24)10-9-16-26/h12,14,17,20,22,24,26-27H,5-11,13,15-16,18H2,1-4H3/t20-,22-,24-/m1/s1. The first kappa shape index (κ1) is 22.4. The van der Waals surface area contributed by atoms with Crippen LogP contribution in [0.1, 0.15) is 108 Å². The number of aryl methyl sites for hydroxylation is 1. The molecule has 1 aromatic carbocycles. The minimum absolute atomic E-state index is 0.172. The lowest BCUT2D eigenvalue weighted by molar-refractivity contribution is 0.0884. The van der Waals surface area contributed by atoms with Crippen LogP contribution in [-0.4, -0.2) is 22.9 Å². The summed E-state index contributed by atoms with van der Waals surface area (Å²) < 4.78 is 0. The van der Waals surface area contributed by atoms with Crippen LogP contribution in [0, 0.1) is 12.8 Å². The van der Waals surface area contributed by atoms with E-state index in [0.29, 0.717) is 11.8 Å². The Balaban J connectivity index is 2.13. The molecule has 0 spiro atoms. The smallest absolute Gasteiger partial charge is 0.0546 e. The van der Waals surface area contributed by atoms with Crippen molar-refractivity contribution in [1.29, 1.82) is 0 Å². The third-order valence-electron chi connectivity index (χ3n) is 6.80. The molecule has 0 saturated heterocycles. The second kappa shape index (κ2) is 10.6. The third kappa shape index (κ3) is 6.32. The van der Waals surface area contributed by atoms with E-state index in [1.165, 1.54) is 48.8 Å². The molecule has 1 aliphatic carbocycles. The van der Waals surface area contributed by atoms with Gasteiger partial charge in [-0.05, 0) is 79.4 Å². The van der Waals surface area contributed by atoms with Gasteiger partial charge in [0.2, 0.25) is 0 Å². The van der Waals surface area contributed by atoms with Gasteiger partial charge in [-0.15, -0.1) is 0 Å². The molecule has 0 bridgehead atoms. The fourth-order valence-electron chi connectivity index (χ4n) is 4.94. The van der Waals surface area contributed by atoms with Gasteiger partial charge in [-0.1, -0.05) is 64.7 Å². The topological polar surface area (TPSA) is 40.5 Å². The van der Waals surface area contributed by atoms with Gasteiger partial charge < -0.3 is 10.2 Å². The highest BCUT2D eigenvalue weighted by Crippen LogP contribution is 2.42. The van der Waals surface area contributed by atoms with E-state index in [4.69, 9.17) is 0 Å². The number of rotatable bonds is 10. The minimum Gasteiger partial charge on any atom is -0.396 e. The second-order valence-corrected chi connectivity index (χ2v) is 9.47. The molecule has 0 amide bonds. The van der Waals surface area contributed by atoms with E-state index in [2.05, 4.69) is 45.9 Å². The van der Waals surface area contributed by atoms with Crippen molar-refractivity contribution in [1.82, 2.24) is 0 Å². The Morgan fingerprint density at radius 1 is 1.07 bits per heavy atom. The molecule has 2 rings (SSSR count). The molecule has 1 saturated carbocycles. The lowest BCUT2D eigenvalue weighted by Gasteiger charge is -2.36. The molecule has 27 heavy (non-hydrogen) atoms. The number of hydrogen-bond donors (Lipinski definition) is 2. The lowest BCUT2D eigenvalue weighted by Crippen LogP contribution is -2.27. The Bertz CT molecular complexity index is 561. The molecule has 3 atom stereocenters. The van der Waals surface area contributed by atoms with E-state index in [-0.39, 0.29) is 18.1 Å². The molecule has 0 radical (unpaired) electrons. The van der Waals surface area contributed by atoms with Gasteiger partial charge in [0.25, 0.3) is 0 Å². The predicted octanol–water partition coefficient (Wildman–Crippen LogP) is 6.26. The highest BCUT2D eigenvalue weighted by Gasteiger charge is 2.31. The molecule has 2 nitrogen and oxygen atoms in total. The van der Waals surface area contributed by atoms with Crippen LogP contribution >= 0.6 is 0 Å². The molecular formula is C25H42O2. The third-order valence-corrected chi connectivity index (χ3v) is 6.80. The Morgan fingerprint density at radius 2 is 1.85 bits per heavy atom. The molecule has 1 fully saturated rings. The quantitative estimate of drug-likeness (QED) is 0.474. The van der Waals surface area contributed by atoms with Gasteiger partial charge in [-0.25, -0.2) is 0 Å². The number of unbranched alkanes of at least 4 members (excludes halogenated alkanes) is 3. The molecule has 0 aromatic heterocycles. The average Bonchev–Trinajstić information content (AvgIpc) is 2.64. The number of benzene rings is 1. The number of aliphatic hydroxyl groups excluding tert-OH is 2. The van der Waals surface area contributed by atoms with Crippen LogP contribution in [0.4, 0.5) is 0 Å². The Labute approximate surface area is 167 Å². The van der Waals surface area contributed by atoms with Crippen molar-refractivity contribution in [2.24, 2.45) is 5.92 Å². The van der Waals surface area contributed by atoms with Crippen molar-refractivity contribution in [3.05, 3.63) is 34.9 Å². The highest BCUT2D eigenvalue weighted by atomic mass is 16.3. The van der Waals surface area contributed by atoms with Crippen molar-refractivity contribution in [3.8, 4) is 0 Å². The first-order valence-corrected chi connectivity index (χ1v) is 11.3. The normalized spacial score (nSPS) is 23.6. The van der Waals surface area contributed by atoms with E-state index in [9.17, 15) is 10.2 Å².